The van der Waals surface area contributed by atoms with Gasteiger partial charge in [-0.2, -0.15) is 0 Å². The van der Waals surface area contributed by atoms with Gasteiger partial charge in [-0.15, -0.1) is 0 Å². The number of aromatic nitrogens is 1. The van der Waals surface area contributed by atoms with Crippen LogP contribution in [-0.2, 0) is 25.5 Å². The number of carbonyl (C=O) groups excluding carboxylic acids is 3. The third-order valence-corrected chi connectivity index (χ3v) is 11.0. The maximum atomic E-state index is 14.5. The van der Waals surface area contributed by atoms with Crippen LogP contribution in [-0.4, -0.2) is 97.2 Å². The summed E-state index contributed by atoms with van der Waals surface area (Å²) in [6.45, 7) is 7.81. The minimum absolute atomic E-state index is 0.0133. The molecule has 44 heavy (non-hydrogen) atoms. The Bertz CT molecular complexity index is 1600. The van der Waals surface area contributed by atoms with Gasteiger partial charge in [0, 0.05) is 29.4 Å². The standard InChI is InChI=1S/C32H40BrN5O6/c1-15(2)11-23-29(41)37-24(9-10-25(37)39)32(43)38(23)30(42)31(44-32,16(3)4)35-28(40)17-12-19-18-7-6-8-21-26(18)20(27(33)34-21)13-22(19)36(5)14-17/h6-8,12,15-17,22-25,34,39,43H,9-11,13-14H2,1-5H3,(H,35,40). The second-order valence-electron chi connectivity index (χ2n) is 13.8. The number of benzene rings is 1. The molecule has 4 aliphatic heterocycles. The van der Waals surface area contributed by atoms with Gasteiger partial charge < -0.3 is 25.4 Å². The molecule has 3 fully saturated rings. The molecule has 5 heterocycles. The summed E-state index contributed by atoms with van der Waals surface area (Å²) >= 11 is 3.69. The fraction of sp³-hybridized carbons (Fsp3) is 0.594. The highest BCUT2D eigenvalue weighted by Gasteiger charge is 2.72. The van der Waals surface area contributed by atoms with E-state index in [1.807, 2.05) is 39.1 Å². The zero-order valence-electron chi connectivity index (χ0n) is 25.6. The fourth-order valence-electron chi connectivity index (χ4n) is 8.17. The number of aromatic amines is 1. The van der Waals surface area contributed by atoms with Crippen molar-refractivity contribution in [1.82, 2.24) is 25.0 Å². The molecule has 0 bridgehead atoms. The van der Waals surface area contributed by atoms with E-state index in [9.17, 15) is 24.6 Å². The molecule has 1 aromatic heterocycles. The first-order valence-electron chi connectivity index (χ1n) is 15.6. The zero-order chi connectivity index (χ0) is 31.5. The van der Waals surface area contributed by atoms with E-state index in [1.165, 1.54) is 10.5 Å². The van der Waals surface area contributed by atoms with Gasteiger partial charge in [-0.05, 0) is 77.3 Å². The van der Waals surface area contributed by atoms with E-state index in [-0.39, 0.29) is 31.2 Å². The number of halogens is 1. The highest BCUT2D eigenvalue weighted by Crippen LogP contribution is 2.49. The summed E-state index contributed by atoms with van der Waals surface area (Å²) in [5.41, 5.74) is 2.49. The second-order valence-corrected chi connectivity index (χ2v) is 14.6. The quantitative estimate of drug-likeness (QED) is 0.384. The number of fused-ring (bicyclic) bond motifs is 5. The number of amides is 3. The highest BCUT2D eigenvalue weighted by atomic mass is 79.9. The van der Waals surface area contributed by atoms with Crippen molar-refractivity contribution in [2.45, 2.75) is 89.4 Å². The van der Waals surface area contributed by atoms with E-state index < -0.39 is 59.5 Å². The lowest BCUT2D eigenvalue weighted by atomic mass is 9.79. The van der Waals surface area contributed by atoms with Gasteiger partial charge in [0.15, 0.2) is 0 Å². The number of rotatable bonds is 5. The molecule has 0 radical (unpaired) electrons. The van der Waals surface area contributed by atoms with E-state index in [2.05, 4.69) is 37.2 Å². The molecule has 0 spiro atoms. The van der Waals surface area contributed by atoms with Crippen LogP contribution in [0.25, 0.3) is 16.5 Å². The number of nitrogens with zero attached hydrogens (tertiary/aromatic N) is 3. The van der Waals surface area contributed by atoms with Crippen molar-refractivity contribution in [3.63, 3.8) is 0 Å². The molecule has 2 aromatic rings. The summed E-state index contributed by atoms with van der Waals surface area (Å²) in [4.78, 5) is 50.3. The van der Waals surface area contributed by atoms with Gasteiger partial charge in [-0.25, -0.2) is 0 Å². The predicted molar refractivity (Wildman–Crippen MR) is 165 cm³/mol. The SMILES string of the molecule is CC(C)CC1C(=O)N2C(O)CCC2C2(O)OC(NC(=O)C3C=C4c5cccc6[nH]c(Br)c(c56)CC4N(C)C3)(C(C)C)C(=O)N12. The smallest absolute Gasteiger partial charge is 0.281 e. The molecular formula is C32H40BrN5O6. The number of carbonyl (C=O) groups is 3. The molecule has 12 heteroatoms. The zero-order valence-corrected chi connectivity index (χ0v) is 27.2. The molecule has 1 aromatic carbocycles. The molecule has 7 unspecified atom stereocenters. The second kappa shape index (κ2) is 10.1. The molecule has 1 aliphatic carbocycles. The molecule has 4 N–H and O–H groups in total. The van der Waals surface area contributed by atoms with Crippen molar-refractivity contribution in [2.75, 3.05) is 13.6 Å². The van der Waals surface area contributed by atoms with Gasteiger partial charge >= 0.3 is 0 Å². The Morgan fingerprint density at radius 3 is 2.68 bits per heavy atom. The molecule has 0 saturated carbocycles. The van der Waals surface area contributed by atoms with Crippen LogP contribution < -0.4 is 5.32 Å². The third-order valence-electron chi connectivity index (χ3n) is 10.3. The van der Waals surface area contributed by atoms with Crippen LogP contribution in [0.2, 0.25) is 0 Å². The van der Waals surface area contributed by atoms with Gasteiger partial charge in [-0.1, -0.05) is 45.9 Å². The third kappa shape index (κ3) is 4.03. The fourth-order valence-corrected chi connectivity index (χ4v) is 8.74. The summed E-state index contributed by atoms with van der Waals surface area (Å²) in [5, 5.41) is 26.9. The molecular weight excluding hydrogens is 630 g/mol. The average Bonchev–Trinajstić information content (AvgIpc) is 3.58. The lowest BCUT2D eigenvalue weighted by Gasteiger charge is -2.49. The van der Waals surface area contributed by atoms with Gasteiger partial charge in [0.1, 0.15) is 18.3 Å². The first-order chi connectivity index (χ1) is 20.8. The Hall–Kier alpha value is -2.77. The van der Waals surface area contributed by atoms with Crippen molar-refractivity contribution < 1.29 is 29.3 Å². The summed E-state index contributed by atoms with van der Waals surface area (Å²) in [6, 6.07) is 4.24. The number of H-pyrrole nitrogens is 1. The van der Waals surface area contributed by atoms with Crippen molar-refractivity contribution in [3.05, 3.63) is 40.0 Å². The largest absolute Gasteiger partial charge is 0.374 e. The Kier molecular flexibility index (Phi) is 6.88. The average molecular weight is 671 g/mol. The van der Waals surface area contributed by atoms with Crippen LogP contribution in [0.15, 0.2) is 28.9 Å². The predicted octanol–water partition coefficient (Wildman–Crippen LogP) is 2.51. The number of aliphatic hydroxyl groups excluding tert-OH is 1. The highest BCUT2D eigenvalue weighted by molar-refractivity contribution is 9.10. The van der Waals surface area contributed by atoms with E-state index >= 15 is 0 Å². The maximum Gasteiger partial charge on any atom is 0.281 e. The van der Waals surface area contributed by atoms with Crippen LogP contribution >= 0.6 is 15.9 Å². The van der Waals surface area contributed by atoms with E-state index in [1.54, 1.807) is 13.8 Å². The van der Waals surface area contributed by atoms with Crippen LogP contribution in [0.3, 0.4) is 0 Å². The van der Waals surface area contributed by atoms with Crippen molar-refractivity contribution in [1.29, 1.82) is 0 Å². The first kappa shape index (κ1) is 29.9. The Morgan fingerprint density at radius 1 is 1.23 bits per heavy atom. The number of aliphatic hydroxyl groups is 2. The number of hydrogen-bond acceptors (Lipinski definition) is 7. The molecule has 7 atom stereocenters. The number of ether oxygens (including phenoxy) is 1. The number of nitrogens with one attached hydrogen (secondary N) is 2. The lowest BCUT2D eigenvalue weighted by molar-refractivity contribution is -0.326. The van der Waals surface area contributed by atoms with Gasteiger partial charge in [0.25, 0.3) is 11.8 Å². The molecule has 7 rings (SSSR count). The first-order valence-corrected chi connectivity index (χ1v) is 16.4. The monoisotopic (exact) mass is 669 g/mol. The summed E-state index contributed by atoms with van der Waals surface area (Å²) in [6.07, 6.45) is 2.52. The maximum absolute atomic E-state index is 14.5. The van der Waals surface area contributed by atoms with E-state index in [0.29, 0.717) is 6.54 Å². The van der Waals surface area contributed by atoms with Crippen LogP contribution in [0.4, 0.5) is 0 Å². The minimum Gasteiger partial charge on any atom is -0.374 e. The molecule has 236 valence electrons. The number of likely N-dealkylation sites (N-methyl/N-ethyl adjacent to an activating group) is 1. The van der Waals surface area contributed by atoms with E-state index in [4.69, 9.17) is 4.74 Å². The van der Waals surface area contributed by atoms with Gasteiger partial charge in [-0.3, -0.25) is 28.9 Å². The minimum atomic E-state index is -2.19. The summed E-state index contributed by atoms with van der Waals surface area (Å²) < 4.78 is 7.35. The summed E-state index contributed by atoms with van der Waals surface area (Å²) in [5.74, 6) is -4.79. The Labute approximate surface area is 264 Å². The van der Waals surface area contributed by atoms with Crippen molar-refractivity contribution in [3.8, 4) is 0 Å². The number of piperazine rings is 1. The molecule has 3 saturated heterocycles. The van der Waals surface area contributed by atoms with E-state index in [0.717, 1.165) is 38.0 Å². The van der Waals surface area contributed by atoms with Crippen molar-refractivity contribution >= 4 is 50.1 Å². The van der Waals surface area contributed by atoms with Crippen molar-refractivity contribution in [2.24, 2.45) is 17.8 Å². The molecule has 11 nitrogen and oxygen atoms in total. The Balaban J connectivity index is 1.25. The van der Waals surface area contributed by atoms with Crippen LogP contribution in [0, 0.1) is 17.8 Å². The molecule has 3 amide bonds. The van der Waals surface area contributed by atoms with Crippen LogP contribution in [0.1, 0.15) is 58.1 Å². The Morgan fingerprint density at radius 2 is 1.98 bits per heavy atom. The van der Waals surface area contributed by atoms with Crippen LogP contribution in [0.5, 0.6) is 0 Å². The summed E-state index contributed by atoms with van der Waals surface area (Å²) in [7, 11) is 2.00. The van der Waals surface area contributed by atoms with Gasteiger partial charge in [0.05, 0.1) is 10.5 Å². The normalized spacial score (nSPS) is 35.0. The van der Waals surface area contributed by atoms with Gasteiger partial charge in [0.2, 0.25) is 17.5 Å². The lowest BCUT2D eigenvalue weighted by Crippen LogP contribution is -2.72. The topological polar surface area (TPSA) is 138 Å². The number of hydrogen-bond donors (Lipinski definition) is 4. The molecule has 5 aliphatic rings.